The van der Waals surface area contributed by atoms with E-state index in [2.05, 4.69) is 86.6 Å². The van der Waals surface area contributed by atoms with Gasteiger partial charge in [-0.2, -0.15) is 0 Å². The van der Waals surface area contributed by atoms with Gasteiger partial charge >= 0.3 is 7.12 Å². The van der Waals surface area contributed by atoms with Crippen LogP contribution in [0, 0.1) is 7.43 Å². The summed E-state index contributed by atoms with van der Waals surface area (Å²) in [6.07, 6.45) is 3.65. The summed E-state index contributed by atoms with van der Waals surface area (Å²) < 4.78 is 25.6. The number of aromatic nitrogens is 2. The molecule has 0 aliphatic rings. The molecule has 14 rings (SSSR count). The van der Waals surface area contributed by atoms with Crippen molar-refractivity contribution in [2.24, 2.45) is 0 Å². The molecule has 69 heavy (non-hydrogen) atoms. The molecule has 6 heterocycles. The molecule has 0 aliphatic heterocycles. The van der Waals surface area contributed by atoms with E-state index in [9.17, 15) is 10.0 Å². The van der Waals surface area contributed by atoms with Crippen molar-refractivity contribution in [2.45, 2.75) is 0 Å². The van der Waals surface area contributed by atoms with E-state index in [1.807, 2.05) is 140 Å². The molecule has 0 fully saturated rings. The van der Waals surface area contributed by atoms with Gasteiger partial charge in [-0.15, -0.1) is 0 Å². The molecule has 10 heteroatoms. The van der Waals surface area contributed by atoms with Gasteiger partial charge in [0.25, 0.3) is 0 Å². The number of fused-ring (bicyclic) bond motifs is 12. The van der Waals surface area contributed by atoms with Gasteiger partial charge in [0.1, 0.15) is 44.7 Å². The smallest absolute Gasteiger partial charge is 0.456 e. The summed E-state index contributed by atoms with van der Waals surface area (Å²) in [6.45, 7) is 0. The fraction of sp³-hybridized carbons (Fsp3) is 0. The highest BCUT2D eigenvalue weighted by atomic mass is 79.9. The molecule has 6 aromatic heterocycles. The van der Waals surface area contributed by atoms with Crippen molar-refractivity contribution in [3.8, 4) is 33.6 Å². The first-order chi connectivity index (χ1) is 33.5. The molecule has 0 unspecified atom stereocenters. The Morgan fingerprint density at radius 2 is 0.725 bits per heavy atom. The van der Waals surface area contributed by atoms with Crippen LogP contribution in [0.1, 0.15) is 0 Å². The summed E-state index contributed by atoms with van der Waals surface area (Å²) in [5.74, 6) is 0. The molecule has 0 atom stereocenters. The number of benzene rings is 8. The summed E-state index contributed by atoms with van der Waals surface area (Å²) in [4.78, 5) is 8.90. The zero-order chi connectivity index (χ0) is 45.7. The molecule has 0 bridgehead atoms. The first kappa shape index (κ1) is 43.3. The van der Waals surface area contributed by atoms with Crippen LogP contribution in [0.4, 0.5) is 0 Å². The number of halogens is 1. The number of furan rings is 4. The largest absolute Gasteiger partial charge is 0.496 e. The van der Waals surface area contributed by atoms with Crippen LogP contribution in [-0.2, 0) is 0 Å². The van der Waals surface area contributed by atoms with Gasteiger partial charge in [0.2, 0.25) is 0 Å². The number of nitrogens with zero attached hydrogens (tertiary/aromatic N) is 2. The van der Waals surface area contributed by atoms with Crippen LogP contribution in [0.3, 0.4) is 0 Å². The lowest BCUT2D eigenvalue weighted by atomic mass is 9.78. The Hall–Kier alpha value is -8.28. The number of rotatable bonds is 4. The van der Waals surface area contributed by atoms with Gasteiger partial charge in [0, 0.05) is 71.1 Å². The average Bonchev–Trinajstić information content (AvgIpc) is 4.16. The highest BCUT2D eigenvalue weighted by Gasteiger charge is 2.27. The summed E-state index contributed by atoms with van der Waals surface area (Å²) in [5, 5.41) is 27.8. The Balaban J connectivity index is 0.000000123. The van der Waals surface area contributed by atoms with Crippen LogP contribution in [-0.4, -0.2) is 27.1 Å². The molecule has 0 saturated heterocycles. The molecule has 0 spiro atoms. The Morgan fingerprint density at radius 1 is 0.362 bits per heavy atom. The summed E-state index contributed by atoms with van der Waals surface area (Å²) in [7, 11) is -1.68. The van der Waals surface area contributed by atoms with E-state index in [0.29, 0.717) is 22.3 Å². The van der Waals surface area contributed by atoms with Crippen molar-refractivity contribution in [3.05, 3.63) is 218 Å². The van der Waals surface area contributed by atoms with Crippen molar-refractivity contribution >= 4 is 116 Å². The molecular formula is C59H39BBrN2O6-. The topological polar surface area (TPSA) is 119 Å². The predicted octanol–water partition coefficient (Wildman–Crippen LogP) is 15.3. The summed E-state index contributed by atoms with van der Waals surface area (Å²) >= 11 is 3.42. The van der Waals surface area contributed by atoms with Crippen LogP contribution in [0.15, 0.2) is 229 Å². The molecule has 0 radical (unpaired) electrons. The van der Waals surface area contributed by atoms with Crippen LogP contribution in [0.2, 0.25) is 0 Å². The number of hydrogen-bond acceptors (Lipinski definition) is 8. The highest BCUT2D eigenvalue weighted by molar-refractivity contribution is 9.10. The van der Waals surface area contributed by atoms with Crippen molar-refractivity contribution in [1.29, 1.82) is 0 Å². The minimum atomic E-state index is -1.68. The normalized spacial score (nSPS) is 11.3. The van der Waals surface area contributed by atoms with E-state index in [1.54, 1.807) is 6.20 Å². The predicted molar refractivity (Wildman–Crippen MR) is 284 cm³/mol. The number of pyridine rings is 2. The molecule has 8 nitrogen and oxygen atoms in total. The Morgan fingerprint density at radius 3 is 1.14 bits per heavy atom. The maximum Gasteiger partial charge on any atom is 0.496 e. The van der Waals surface area contributed by atoms with E-state index in [1.165, 1.54) is 0 Å². The lowest BCUT2D eigenvalue weighted by molar-refractivity contribution is 0.425. The Labute approximate surface area is 404 Å². The third kappa shape index (κ3) is 7.80. The number of para-hydroxylation sites is 4. The second-order valence-corrected chi connectivity index (χ2v) is 17.3. The van der Waals surface area contributed by atoms with Crippen molar-refractivity contribution < 1.29 is 27.7 Å². The molecule has 8 aromatic carbocycles. The van der Waals surface area contributed by atoms with Crippen molar-refractivity contribution in [2.75, 3.05) is 0 Å². The lowest BCUT2D eigenvalue weighted by Crippen LogP contribution is -2.30. The zero-order valence-electron chi connectivity index (χ0n) is 37.0. The number of hydrogen-bond donors (Lipinski definition) is 2. The lowest BCUT2D eigenvalue weighted by Gasteiger charge is -2.07. The second kappa shape index (κ2) is 18.1. The Bertz CT molecular complexity index is 3980. The van der Waals surface area contributed by atoms with Crippen molar-refractivity contribution in [1.82, 2.24) is 9.97 Å². The van der Waals surface area contributed by atoms with Gasteiger partial charge < -0.3 is 35.1 Å². The third-order valence-electron chi connectivity index (χ3n) is 12.2. The van der Waals surface area contributed by atoms with Crippen LogP contribution in [0.25, 0.3) is 121 Å². The second-order valence-electron chi connectivity index (χ2n) is 16.3. The van der Waals surface area contributed by atoms with E-state index in [-0.39, 0.29) is 12.9 Å². The van der Waals surface area contributed by atoms with E-state index in [0.717, 1.165) is 104 Å². The molecule has 2 N–H and O–H groups in total. The first-order valence-electron chi connectivity index (χ1n) is 22.0. The van der Waals surface area contributed by atoms with Crippen LogP contribution >= 0.6 is 15.9 Å². The SMILES string of the molecule is Brc1ccnc(-c2ccccc2)c1.OB(O)c1c2oc3ccccc3c2cc2c1oc1ccccc12.[CH3-].c1ccc(-c2cc(-c3c4oc5ccccc5c4cc4c3oc3ccccc34)ccn2)cc1. The average molecular weight is 963 g/mol. The molecule has 0 amide bonds. The standard InChI is InChI=1S/C29H17NO2.C18H11BO4.C11H8BrN.CH3/c1-2-8-18(9-3-1)24-16-19(14-15-30-24)27-28-22(20-10-4-6-12-25(20)31-28)17-23-21-11-5-7-13-26(21)32-29(23)27;20-19(21)16-17-12(10-5-1-3-7-14(10)22-17)9-13-11-6-2-4-8-15(11)23-18(13)16;12-10-6-7-13-11(8-10)9-4-2-1-3-5-9;/h1-17H;1-9,20-21H;1-8H;1H3/q;;;-1. The maximum absolute atomic E-state index is 9.91. The molecule has 0 aliphatic carbocycles. The minimum Gasteiger partial charge on any atom is -0.456 e. The van der Waals surface area contributed by atoms with Crippen molar-refractivity contribution in [3.63, 3.8) is 0 Å². The van der Waals surface area contributed by atoms with Gasteiger partial charge in [-0.1, -0.05) is 149 Å². The first-order valence-corrected chi connectivity index (χ1v) is 22.8. The highest BCUT2D eigenvalue weighted by Crippen LogP contribution is 2.45. The van der Waals surface area contributed by atoms with Gasteiger partial charge in [-0.05, 0) is 66.2 Å². The van der Waals surface area contributed by atoms with Crippen LogP contribution < -0.4 is 5.46 Å². The van der Waals surface area contributed by atoms with Gasteiger partial charge in [-0.25, -0.2) is 0 Å². The third-order valence-corrected chi connectivity index (χ3v) is 12.7. The Kier molecular flexibility index (Phi) is 11.3. The van der Waals surface area contributed by atoms with E-state index in [4.69, 9.17) is 17.7 Å². The monoisotopic (exact) mass is 961 g/mol. The molecular weight excluding hydrogens is 923 g/mol. The maximum atomic E-state index is 9.91. The van der Waals surface area contributed by atoms with Gasteiger partial charge in [0.15, 0.2) is 0 Å². The molecule has 332 valence electrons. The fourth-order valence-electron chi connectivity index (χ4n) is 9.12. The summed E-state index contributed by atoms with van der Waals surface area (Å²) in [6, 6.07) is 64.3. The van der Waals surface area contributed by atoms with Gasteiger partial charge in [0.05, 0.1) is 22.4 Å². The molecule has 14 aromatic rings. The van der Waals surface area contributed by atoms with Gasteiger partial charge in [-0.3, -0.25) is 9.97 Å². The van der Waals surface area contributed by atoms with Crippen LogP contribution in [0.5, 0.6) is 0 Å². The zero-order valence-corrected chi connectivity index (χ0v) is 38.6. The van der Waals surface area contributed by atoms with E-state index >= 15 is 0 Å². The molecule has 0 saturated carbocycles. The quantitative estimate of drug-likeness (QED) is 0.132. The summed E-state index contributed by atoms with van der Waals surface area (Å²) in [5.41, 5.74) is 12.1. The minimum absolute atomic E-state index is 0. The van der Waals surface area contributed by atoms with E-state index < -0.39 is 7.12 Å². The fourth-order valence-corrected chi connectivity index (χ4v) is 9.46.